The van der Waals surface area contributed by atoms with E-state index in [1.165, 1.54) is 19.3 Å². The van der Waals surface area contributed by atoms with Gasteiger partial charge in [-0.25, -0.2) is 4.99 Å². The fraction of sp³-hybridized carbons (Fsp3) is 0.889. The maximum Gasteiger partial charge on any atom is 0.0584 e. The van der Waals surface area contributed by atoms with Gasteiger partial charge in [0.25, 0.3) is 0 Å². The van der Waals surface area contributed by atoms with E-state index >= 15 is 0 Å². The molecule has 2 nitrogen and oxygen atoms in total. The van der Waals surface area contributed by atoms with Crippen molar-refractivity contribution in [1.29, 1.82) is 0 Å². The molecule has 70 valence electrons. The number of thiocarbonyl (C=S) groups is 1. The normalized spacial score (nSPS) is 9.42. The highest BCUT2D eigenvalue weighted by molar-refractivity contribution is 7.78. The number of rotatable bonds is 8. The minimum absolute atomic E-state index is 0.329. The number of hydrogen-bond acceptors (Lipinski definition) is 3. The zero-order valence-electron chi connectivity index (χ0n) is 7.46. The van der Waals surface area contributed by atoms with Gasteiger partial charge in [-0.2, -0.15) is 0 Å². The molecule has 0 aliphatic heterocycles. The zero-order valence-corrected chi connectivity index (χ0v) is 8.28. The van der Waals surface area contributed by atoms with Crippen LogP contribution in [0.15, 0.2) is 4.99 Å². The molecule has 0 heterocycles. The standard InChI is InChI=1S/C9H17NOS/c11-8-6-4-2-1-3-5-7-10-9-12/h11H,1-8H2. The second kappa shape index (κ2) is 10.8. The molecule has 0 rings (SSSR count). The largest absolute Gasteiger partial charge is 0.396 e. The zero-order chi connectivity index (χ0) is 9.07. The maximum absolute atomic E-state index is 8.50. The summed E-state index contributed by atoms with van der Waals surface area (Å²) in [7, 11) is 0. The van der Waals surface area contributed by atoms with Gasteiger partial charge in [0, 0.05) is 13.2 Å². The lowest BCUT2D eigenvalue weighted by Crippen LogP contribution is -1.85. The molecule has 0 aromatic rings. The first-order valence-electron chi connectivity index (χ1n) is 4.56. The van der Waals surface area contributed by atoms with E-state index in [2.05, 4.69) is 22.4 Å². The molecule has 0 saturated heterocycles. The van der Waals surface area contributed by atoms with Gasteiger partial charge in [0.05, 0.1) is 5.16 Å². The Morgan fingerprint density at radius 3 is 2.17 bits per heavy atom. The third-order valence-electron chi connectivity index (χ3n) is 1.74. The second-order valence-electron chi connectivity index (χ2n) is 2.82. The molecule has 0 bridgehead atoms. The minimum Gasteiger partial charge on any atom is -0.396 e. The molecule has 0 atom stereocenters. The van der Waals surface area contributed by atoms with Gasteiger partial charge >= 0.3 is 0 Å². The summed E-state index contributed by atoms with van der Waals surface area (Å²) < 4.78 is 0. The molecule has 0 aromatic carbocycles. The van der Waals surface area contributed by atoms with Crippen molar-refractivity contribution in [3.05, 3.63) is 0 Å². The maximum atomic E-state index is 8.50. The van der Waals surface area contributed by atoms with Gasteiger partial charge in [0.15, 0.2) is 0 Å². The number of aliphatic hydroxyl groups excluding tert-OH is 1. The van der Waals surface area contributed by atoms with Crippen LogP contribution in [0, 0.1) is 0 Å². The van der Waals surface area contributed by atoms with Crippen molar-refractivity contribution >= 4 is 17.4 Å². The predicted octanol–water partition coefficient (Wildman–Crippen LogP) is 2.42. The highest BCUT2D eigenvalue weighted by atomic mass is 32.1. The Labute approximate surface area is 79.7 Å². The van der Waals surface area contributed by atoms with Gasteiger partial charge < -0.3 is 5.11 Å². The van der Waals surface area contributed by atoms with Crippen LogP contribution in [-0.4, -0.2) is 23.4 Å². The van der Waals surface area contributed by atoms with Gasteiger partial charge in [0.1, 0.15) is 0 Å². The Kier molecular flexibility index (Phi) is 10.5. The smallest absolute Gasteiger partial charge is 0.0584 e. The van der Waals surface area contributed by atoms with Gasteiger partial charge in [0.2, 0.25) is 0 Å². The van der Waals surface area contributed by atoms with E-state index < -0.39 is 0 Å². The second-order valence-corrected chi connectivity index (χ2v) is 3.00. The number of nitrogens with zero attached hydrogens (tertiary/aromatic N) is 1. The molecular weight excluding hydrogens is 170 g/mol. The molecule has 0 saturated carbocycles. The van der Waals surface area contributed by atoms with Crippen molar-refractivity contribution in [2.75, 3.05) is 13.2 Å². The Hall–Kier alpha value is -0.240. The summed E-state index contributed by atoms with van der Waals surface area (Å²) in [6.45, 7) is 1.15. The molecule has 0 radical (unpaired) electrons. The van der Waals surface area contributed by atoms with Crippen LogP contribution >= 0.6 is 12.2 Å². The van der Waals surface area contributed by atoms with Crippen LogP contribution in [0.5, 0.6) is 0 Å². The van der Waals surface area contributed by atoms with E-state index in [1.807, 2.05) is 0 Å². The first kappa shape index (κ1) is 11.8. The van der Waals surface area contributed by atoms with Gasteiger partial charge in [-0.1, -0.05) is 25.7 Å². The van der Waals surface area contributed by atoms with Crippen LogP contribution in [0.3, 0.4) is 0 Å². The molecule has 0 aliphatic carbocycles. The average Bonchev–Trinajstić information content (AvgIpc) is 2.10. The first-order valence-corrected chi connectivity index (χ1v) is 4.97. The molecule has 0 spiro atoms. The Balaban J connectivity index is 2.86. The Bertz CT molecular complexity index is 132. The van der Waals surface area contributed by atoms with Crippen LogP contribution in [0.2, 0.25) is 0 Å². The third kappa shape index (κ3) is 9.76. The minimum atomic E-state index is 0.329. The van der Waals surface area contributed by atoms with Crippen LogP contribution in [0.1, 0.15) is 38.5 Å². The number of hydrogen-bond donors (Lipinski definition) is 1. The molecule has 0 aromatic heterocycles. The van der Waals surface area contributed by atoms with E-state index in [1.54, 1.807) is 0 Å². The summed E-state index contributed by atoms with van der Waals surface area (Å²) in [5.74, 6) is 0. The van der Waals surface area contributed by atoms with E-state index in [0.717, 1.165) is 25.8 Å². The van der Waals surface area contributed by atoms with Crippen molar-refractivity contribution in [3.8, 4) is 0 Å². The van der Waals surface area contributed by atoms with Crippen molar-refractivity contribution in [2.24, 2.45) is 4.99 Å². The highest BCUT2D eigenvalue weighted by Gasteiger charge is 1.89. The summed E-state index contributed by atoms with van der Waals surface area (Å²) in [6.07, 6.45) is 6.88. The lowest BCUT2D eigenvalue weighted by atomic mass is 10.1. The molecule has 1 N–H and O–H groups in total. The van der Waals surface area contributed by atoms with Crippen molar-refractivity contribution in [1.82, 2.24) is 0 Å². The van der Waals surface area contributed by atoms with E-state index in [4.69, 9.17) is 5.11 Å². The van der Waals surface area contributed by atoms with Crippen molar-refractivity contribution in [2.45, 2.75) is 38.5 Å². The quantitative estimate of drug-likeness (QED) is 0.359. The summed E-state index contributed by atoms with van der Waals surface area (Å²) in [4.78, 5) is 3.83. The number of isothiocyanates is 1. The SMILES string of the molecule is OCCCCCCCCN=C=S. The molecule has 0 amide bonds. The lowest BCUT2D eigenvalue weighted by Gasteiger charge is -1.97. The topological polar surface area (TPSA) is 32.6 Å². The summed E-state index contributed by atoms with van der Waals surface area (Å²) in [5.41, 5.74) is 0. The molecule has 0 aliphatic rings. The van der Waals surface area contributed by atoms with Gasteiger partial charge in [-0.15, -0.1) is 0 Å². The van der Waals surface area contributed by atoms with Gasteiger partial charge in [-0.3, -0.25) is 0 Å². The number of aliphatic hydroxyl groups is 1. The lowest BCUT2D eigenvalue weighted by molar-refractivity contribution is 0.282. The average molecular weight is 187 g/mol. The van der Waals surface area contributed by atoms with Crippen molar-refractivity contribution in [3.63, 3.8) is 0 Å². The molecule has 0 unspecified atom stereocenters. The summed E-state index contributed by atoms with van der Waals surface area (Å²) >= 11 is 4.44. The number of unbranched alkanes of at least 4 members (excludes halogenated alkanes) is 5. The van der Waals surface area contributed by atoms with E-state index in [-0.39, 0.29) is 0 Å². The van der Waals surface area contributed by atoms with E-state index in [0.29, 0.717) is 6.61 Å². The fourth-order valence-corrected chi connectivity index (χ4v) is 1.15. The predicted molar refractivity (Wildman–Crippen MR) is 54.7 cm³/mol. The summed E-state index contributed by atoms with van der Waals surface area (Å²) in [5, 5.41) is 10.9. The molecule has 12 heavy (non-hydrogen) atoms. The van der Waals surface area contributed by atoms with Gasteiger partial charge in [-0.05, 0) is 25.1 Å². The third-order valence-corrected chi connectivity index (χ3v) is 1.87. The highest BCUT2D eigenvalue weighted by Crippen LogP contribution is 2.04. The molecule has 3 heteroatoms. The fourth-order valence-electron chi connectivity index (χ4n) is 1.06. The number of aliphatic imine (C=N–C) groups is 1. The van der Waals surface area contributed by atoms with Crippen molar-refractivity contribution < 1.29 is 5.11 Å². The van der Waals surface area contributed by atoms with Crippen LogP contribution in [-0.2, 0) is 0 Å². The molecular formula is C9H17NOS. The van der Waals surface area contributed by atoms with Crippen LogP contribution in [0.4, 0.5) is 0 Å². The Morgan fingerprint density at radius 2 is 1.58 bits per heavy atom. The van der Waals surface area contributed by atoms with Crippen LogP contribution < -0.4 is 0 Å². The Morgan fingerprint density at radius 1 is 1.00 bits per heavy atom. The monoisotopic (exact) mass is 187 g/mol. The van der Waals surface area contributed by atoms with E-state index in [9.17, 15) is 0 Å². The first-order chi connectivity index (χ1) is 5.91. The molecule has 0 fully saturated rings. The summed E-state index contributed by atoms with van der Waals surface area (Å²) in [6, 6.07) is 0. The van der Waals surface area contributed by atoms with Crippen LogP contribution in [0.25, 0.3) is 0 Å².